The van der Waals surface area contributed by atoms with E-state index < -0.39 is 0 Å². The van der Waals surface area contributed by atoms with E-state index in [4.69, 9.17) is 15.2 Å². The molecule has 0 amide bonds. The first-order valence-electron chi connectivity index (χ1n) is 6.76. The molecule has 4 heteroatoms. The highest BCUT2D eigenvalue weighted by Crippen LogP contribution is 2.30. The van der Waals surface area contributed by atoms with E-state index in [0.717, 1.165) is 11.5 Å². The summed E-state index contributed by atoms with van der Waals surface area (Å²) in [5, 5.41) is 3.38. The highest BCUT2D eigenvalue weighted by Gasteiger charge is 2.07. The fourth-order valence-corrected chi connectivity index (χ4v) is 3.36. The molecule has 1 aromatic heterocycles. The van der Waals surface area contributed by atoms with Crippen LogP contribution in [-0.4, -0.2) is 7.11 Å². The van der Waals surface area contributed by atoms with Gasteiger partial charge in [-0.25, -0.2) is 0 Å². The Bertz CT molecular complexity index is 734. The van der Waals surface area contributed by atoms with E-state index in [1.165, 1.54) is 21.2 Å². The van der Waals surface area contributed by atoms with Gasteiger partial charge in [-0.05, 0) is 40.6 Å². The Balaban J connectivity index is 1.78. The molecule has 108 valence electrons. The van der Waals surface area contributed by atoms with Crippen LogP contribution in [0.15, 0.2) is 47.8 Å². The van der Waals surface area contributed by atoms with Crippen LogP contribution < -0.4 is 15.2 Å². The van der Waals surface area contributed by atoms with Gasteiger partial charge in [0, 0.05) is 16.8 Å². The molecule has 2 N–H and O–H groups in total. The Kier molecular flexibility index (Phi) is 4.08. The second-order valence-corrected chi connectivity index (χ2v) is 5.60. The number of rotatable bonds is 5. The van der Waals surface area contributed by atoms with Gasteiger partial charge < -0.3 is 15.2 Å². The first-order chi connectivity index (χ1) is 10.3. The van der Waals surface area contributed by atoms with Gasteiger partial charge in [0.2, 0.25) is 0 Å². The summed E-state index contributed by atoms with van der Waals surface area (Å²) in [6.07, 6.45) is 0. The van der Waals surface area contributed by atoms with Crippen molar-refractivity contribution in [1.29, 1.82) is 0 Å². The zero-order valence-electron chi connectivity index (χ0n) is 11.8. The lowest BCUT2D eigenvalue weighted by atomic mass is 10.1. The number of ether oxygens (including phenoxy) is 2. The van der Waals surface area contributed by atoms with Crippen LogP contribution in [0.4, 0.5) is 0 Å². The first-order valence-corrected chi connectivity index (χ1v) is 7.64. The Hall–Kier alpha value is -2.04. The van der Waals surface area contributed by atoms with Crippen molar-refractivity contribution in [2.75, 3.05) is 7.11 Å². The van der Waals surface area contributed by atoms with Crippen LogP contribution in [0.2, 0.25) is 0 Å². The third kappa shape index (κ3) is 2.86. The zero-order chi connectivity index (χ0) is 14.7. The minimum absolute atomic E-state index is 0.556. The van der Waals surface area contributed by atoms with Gasteiger partial charge in [0.1, 0.15) is 18.1 Å². The van der Waals surface area contributed by atoms with Crippen molar-refractivity contribution in [2.24, 2.45) is 5.73 Å². The van der Waals surface area contributed by atoms with Gasteiger partial charge in [0.15, 0.2) is 0 Å². The standard InChI is InChI=1S/C17H17NO2S/c1-19-14-5-7-15(8-6-14)20-10-13-11-21-17-12(9-18)3-2-4-16(13)17/h2-8,11H,9-10,18H2,1H3. The quantitative estimate of drug-likeness (QED) is 0.776. The molecule has 3 aromatic rings. The average molecular weight is 299 g/mol. The van der Waals surface area contributed by atoms with Crippen molar-refractivity contribution in [1.82, 2.24) is 0 Å². The summed E-state index contributed by atoms with van der Waals surface area (Å²) in [6, 6.07) is 13.9. The summed E-state index contributed by atoms with van der Waals surface area (Å²) in [5.41, 5.74) is 8.16. The predicted molar refractivity (Wildman–Crippen MR) is 87.0 cm³/mol. The second-order valence-electron chi connectivity index (χ2n) is 4.72. The Morgan fingerprint density at radius 3 is 2.48 bits per heavy atom. The van der Waals surface area contributed by atoms with Gasteiger partial charge in [-0.3, -0.25) is 0 Å². The fraction of sp³-hybridized carbons (Fsp3) is 0.176. The maximum atomic E-state index is 5.85. The zero-order valence-corrected chi connectivity index (χ0v) is 12.7. The summed E-state index contributed by atoms with van der Waals surface area (Å²) in [4.78, 5) is 0. The maximum Gasteiger partial charge on any atom is 0.120 e. The molecule has 0 radical (unpaired) electrons. The number of nitrogens with two attached hydrogens (primary N) is 1. The Morgan fingerprint density at radius 2 is 1.76 bits per heavy atom. The molecule has 2 aromatic carbocycles. The van der Waals surface area contributed by atoms with E-state index in [9.17, 15) is 0 Å². The smallest absolute Gasteiger partial charge is 0.120 e. The van der Waals surface area contributed by atoms with E-state index in [1.54, 1.807) is 18.4 Å². The van der Waals surface area contributed by atoms with Crippen LogP contribution in [0, 0.1) is 0 Å². The average Bonchev–Trinajstić information content (AvgIpc) is 2.96. The maximum absolute atomic E-state index is 5.85. The molecule has 0 aliphatic rings. The van der Waals surface area contributed by atoms with Crippen molar-refractivity contribution in [2.45, 2.75) is 13.2 Å². The van der Waals surface area contributed by atoms with Gasteiger partial charge in [-0.1, -0.05) is 18.2 Å². The topological polar surface area (TPSA) is 44.5 Å². The van der Waals surface area contributed by atoms with Crippen LogP contribution in [-0.2, 0) is 13.2 Å². The molecule has 0 aliphatic heterocycles. The number of fused-ring (bicyclic) bond motifs is 1. The number of thiophene rings is 1. The normalized spacial score (nSPS) is 10.8. The molecule has 0 saturated heterocycles. The molecule has 21 heavy (non-hydrogen) atoms. The monoisotopic (exact) mass is 299 g/mol. The highest BCUT2D eigenvalue weighted by molar-refractivity contribution is 7.17. The summed E-state index contributed by atoms with van der Waals surface area (Å²) in [7, 11) is 1.66. The minimum Gasteiger partial charge on any atom is -0.497 e. The summed E-state index contributed by atoms with van der Waals surface area (Å²) in [6.45, 7) is 1.12. The molecular weight excluding hydrogens is 282 g/mol. The summed E-state index contributed by atoms with van der Waals surface area (Å²) < 4.78 is 12.2. The molecule has 1 heterocycles. The van der Waals surface area contributed by atoms with E-state index in [0.29, 0.717) is 13.2 Å². The second kappa shape index (κ2) is 6.16. The van der Waals surface area contributed by atoms with Gasteiger partial charge in [0.05, 0.1) is 7.11 Å². The van der Waals surface area contributed by atoms with E-state index in [2.05, 4.69) is 17.5 Å². The highest BCUT2D eigenvalue weighted by atomic mass is 32.1. The van der Waals surface area contributed by atoms with Gasteiger partial charge >= 0.3 is 0 Å². The van der Waals surface area contributed by atoms with Gasteiger partial charge in [0.25, 0.3) is 0 Å². The van der Waals surface area contributed by atoms with Gasteiger partial charge in [-0.2, -0.15) is 0 Å². The van der Waals surface area contributed by atoms with Crippen molar-refractivity contribution in [3.8, 4) is 11.5 Å². The van der Waals surface area contributed by atoms with Crippen molar-refractivity contribution >= 4 is 21.4 Å². The van der Waals surface area contributed by atoms with Crippen molar-refractivity contribution in [3.05, 3.63) is 59.0 Å². The lowest BCUT2D eigenvalue weighted by molar-refractivity contribution is 0.307. The van der Waals surface area contributed by atoms with Crippen LogP contribution in [0.3, 0.4) is 0 Å². The predicted octanol–water partition coefficient (Wildman–Crippen LogP) is 3.95. The molecular formula is C17H17NO2S. The summed E-state index contributed by atoms with van der Waals surface area (Å²) >= 11 is 1.73. The third-order valence-corrected chi connectivity index (χ3v) is 4.56. The van der Waals surface area contributed by atoms with E-state index in [-0.39, 0.29) is 0 Å². The first kappa shape index (κ1) is 13.9. The van der Waals surface area contributed by atoms with Crippen LogP contribution in [0.5, 0.6) is 11.5 Å². The van der Waals surface area contributed by atoms with Crippen LogP contribution in [0.25, 0.3) is 10.1 Å². The fourth-order valence-electron chi connectivity index (χ4n) is 2.28. The van der Waals surface area contributed by atoms with Crippen molar-refractivity contribution < 1.29 is 9.47 Å². The minimum atomic E-state index is 0.556. The number of hydrogen-bond acceptors (Lipinski definition) is 4. The van der Waals surface area contributed by atoms with E-state index >= 15 is 0 Å². The molecule has 3 nitrogen and oxygen atoms in total. The SMILES string of the molecule is COc1ccc(OCc2csc3c(CN)cccc23)cc1. The molecule has 0 aliphatic carbocycles. The van der Waals surface area contributed by atoms with Crippen LogP contribution >= 0.6 is 11.3 Å². The molecule has 0 spiro atoms. The van der Waals surface area contributed by atoms with E-state index in [1.807, 2.05) is 30.3 Å². The Labute approximate surface area is 127 Å². The molecule has 0 bridgehead atoms. The lowest BCUT2D eigenvalue weighted by Gasteiger charge is -2.07. The lowest BCUT2D eigenvalue weighted by Crippen LogP contribution is -1.97. The molecule has 0 unspecified atom stereocenters. The number of hydrogen-bond donors (Lipinski definition) is 1. The summed E-state index contributed by atoms with van der Waals surface area (Å²) in [5.74, 6) is 1.67. The molecule has 3 rings (SSSR count). The number of benzene rings is 2. The number of methoxy groups -OCH3 is 1. The molecule has 0 atom stereocenters. The van der Waals surface area contributed by atoms with Crippen LogP contribution in [0.1, 0.15) is 11.1 Å². The van der Waals surface area contributed by atoms with Crippen molar-refractivity contribution in [3.63, 3.8) is 0 Å². The largest absolute Gasteiger partial charge is 0.497 e. The Morgan fingerprint density at radius 1 is 1.00 bits per heavy atom. The molecule has 0 saturated carbocycles. The third-order valence-electron chi connectivity index (χ3n) is 3.44. The molecule has 0 fully saturated rings. The van der Waals surface area contributed by atoms with Gasteiger partial charge in [-0.15, -0.1) is 11.3 Å².